The van der Waals surface area contributed by atoms with Gasteiger partial charge in [-0.25, -0.2) is 0 Å². The van der Waals surface area contributed by atoms with Gasteiger partial charge in [-0.3, -0.25) is 0 Å². The van der Waals surface area contributed by atoms with Gasteiger partial charge in [-0.15, -0.1) is 0 Å². The molecule has 0 bridgehead atoms. The van der Waals surface area contributed by atoms with Crippen LogP contribution >= 0.6 is 0 Å². The molecule has 4 rings (SSSR count). The summed E-state index contributed by atoms with van der Waals surface area (Å²) in [6.45, 7) is 0. The minimum absolute atomic E-state index is 0. The van der Waals surface area contributed by atoms with Gasteiger partial charge in [-0.05, 0) is 0 Å². The first-order valence-electron chi connectivity index (χ1n) is 7.09. The second kappa shape index (κ2) is 4.89. The van der Waals surface area contributed by atoms with Crippen molar-refractivity contribution in [1.82, 2.24) is 0 Å². The summed E-state index contributed by atoms with van der Waals surface area (Å²) >= 11 is -2.06. The van der Waals surface area contributed by atoms with E-state index >= 15 is 0 Å². The zero-order valence-electron chi connectivity index (χ0n) is 13.3. The molecular weight excluding hydrogens is 407 g/mol. The molecular formula is C19H18Hf. The summed E-state index contributed by atoms with van der Waals surface area (Å²) in [5.74, 6) is 0. The number of hydrogen-bond acceptors (Lipinski definition) is 0. The molecule has 2 aliphatic rings. The maximum absolute atomic E-state index is 4.70. The molecule has 0 nitrogen and oxygen atoms in total. The second-order valence-corrected chi connectivity index (χ2v) is 13.6. The van der Waals surface area contributed by atoms with Gasteiger partial charge in [0, 0.05) is 0 Å². The second-order valence-electron chi connectivity index (χ2n) is 5.46. The number of hydrogen-bond donors (Lipinski definition) is 0. The fourth-order valence-corrected chi connectivity index (χ4v) is 11.7. The fraction of sp³-hybridized carbons (Fsp3) is 0.105. The van der Waals surface area contributed by atoms with Crippen LogP contribution in [0.5, 0.6) is 0 Å². The molecule has 2 aliphatic carbocycles. The van der Waals surface area contributed by atoms with Crippen molar-refractivity contribution in [1.29, 1.82) is 0 Å². The van der Waals surface area contributed by atoms with Gasteiger partial charge in [-0.1, -0.05) is 0 Å². The van der Waals surface area contributed by atoms with Crippen molar-refractivity contribution in [3.63, 3.8) is 0 Å². The van der Waals surface area contributed by atoms with E-state index in [9.17, 15) is 0 Å². The van der Waals surface area contributed by atoms with Crippen molar-refractivity contribution in [2.75, 3.05) is 0 Å². The molecule has 2 aromatic carbocycles. The molecule has 98 valence electrons. The van der Waals surface area contributed by atoms with E-state index in [0.717, 1.165) is 6.42 Å². The van der Waals surface area contributed by atoms with E-state index in [2.05, 4.69) is 66.8 Å². The Bertz CT molecular complexity index is 729. The van der Waals surface area contributed by atoms with Crippen molar-refractivity contribution in [3.05, 3.63) is 81.2 Å². The molecule has 0 saturated heterocycles. The quantitative estimate of drug-likeness (QED) is 0.603. The fourth-order valence-electron chi connectivity index (χ4n) is 3.40. The van der Waals surface area contributed by atoms with Crippen LogP contribution in [0.4, 0.5) is 0 Å². The Morgan fingerprint density at radius 3 is 2.10 bits per heavy atom. The largest absolute Gasteiger partial charge is 1.00 e. The van der Waals surface area contributed by atoms with Crippen LogP contribution in [0.25, 0.3) is 11.1 Å². The first kappa shape index (κ1) is 12.4. The van der Waals surface area contributed by atoms with Crippen LogP contribution in [0, 0.1) is 0 Å². The topological polar surface area (TPSA) is 0 Å². The summed E-state index contributed by atoms with van der Waals surface area (Å²) in [4.78, 5) is 0. The van der Waals surface area contributed by atoms with Crippen LogP contribution in [0.1, 0.15) is 24.1 Å². The molecule has 20 heavy (non-hydrogen) atoms. The third-order valence-electron chi connectivity index (χ3n) is 4.37. The molecule has 2 aromatic rings. The Balaban J connectivity index is 0.000000882. The zero-order valence-corrected chi connectivity index (χ0v) is 14.9. The van der Waals surface area contributed by atoms with E-state index in [1.807, 2.05) is 0 Å². The van der Waals surface area contributed by atoms with Gasteiger partial charge in [0.25, 0.3) is 0 Å². The Hall–Kier alpha value is -1.34. The van der Waals surface area contributed by atoms with Gasteiger partial charge in [0.05, 0.1) is 0 Å². The SMILES string of the molecule is [CH2]=[Hf+2]([C]1=CC=CC1)[CH]1c2ccccc2-c2ccccc21.[H-].[H-]. The smallest absolute Gasteiger partial charge is 1.00 e. The number of allylic oxidation sites excluding steroid dienone is 4. The third-order valence-corrected chi connectivity index (χ3v) is 13.4. The molecule has 0 spiro atoms. The zero-order chi connectivity index (χ0) is 13.5. The van der Waals surface area contributed by atoms with Crippen molar-refractivity contribution in [2.45, 2.75) is 10.1 Å². The molecule has 0 heterocycles. The first-order chi connectivity index (χ1) is 9.86. The standard InChI is InChI=1S/C13H9.C5H5.CH2.Hf.2H/c1-3-7-12-10(5-1)9-11-6-2-4-8-13(11)12;1-2-4-5-3-1;;;;/h1-9H;1-3H,4H2;1H2;;;/q;;;+2;2*-1. The van der Waals surface area contributed by atoms with Crippen LogP contribution in [0.3, 0.4) is 0 Å². The number of benzene rings is 2. The van der Waals surface area contributed by atoms with E-state index in [0.29, 0.717) is 3.67 Å². The Labute approximate surface area is 130 Å². The van der Waals surface area contributed by atoms with Gasteiger partial charge in [-0.2, -0.15) is 0 Å². The van der Waals surface area contributed by atoms with Crippen LogP contribution in [-0.2, 0) is 21.0 Å². The summed E-state index contributed by atoms with van der Waals surface area (Å²) in [7, 11) is 0. The van der Waals surface area contributed by atoms with Crippen LogP contribution < -0.4 is 0 Å². The van der Waals surface area contributed by atoms with Crippen LogP contribution in [0.2, 0.25) is 0 Å². The van der Waals surface area contributed by atoms with Crippen LogP contribution in [0.15, 0.2) is 70.1 Å². The maximum atomic E-state index is 4.70. The number of fused-ring (bicyclic) bond motifs is 3. The van der Waals surface area contributed by atoms with E-state index in [1.54, 1.807) is 3.33 Å². The molecule has 0 fully saturated rings. The summed E-state index contributed by atoms with van der Waals surface area (Å²) < 4.78 is 6.97. The molecule has 0 radical (unpaired) electrons. The summed E-state index contributed by atoms with van der Waals surface area (Å²) in [6, 6.07) is 17.8. The molecule has 0 unspecified atom stereocenters. The summed E-state index contributed by atoms with van der Waals surface area (Å²) in [6.07, 6.45) is 7.96. The van der Waals surface area contributed by atoms with Gasteiger partial charge < -0.3 is 2.85 Å². The Kier molecular flexibility index (Phi) is 3.03. The van der Waals surface area contributed by atoms with E-state index in [-0.39, 0.29) is 2.85 Å². The van der Waals surface area contributed by atoms with Crippen molar-refractivity contribution >= 4 is 4.26 Å². The molecule has 0 atom stereocenters. The van der Waals surface area contributed by atoms with E-state index in [1.165, 1.54) is 22.3 Å². The van der Waals surface area contributed by atoms with Crippen molar-refractivity contribution in [3.8, 4) is 11.1 Å². The van der Waals surface area contributed by atoms with Gasteiger partial charge in [0.15, 0.2) is 0 Å². The third kappa shape index (κ3) is 1.80. The first-order valence-corrected chi connectivity index (χ1v) is 13.5. The predicted octanol–water partition coefficient (Wildman–Crippen LogP) is 4.88. The minimum Gasteiger partial charge on any atom is -1.00 e. The average Bonchev–Trinajstić information content (AvgIpc) is 3.13. The van der Waals surface area contributed by atoms with Crippen LogP contribution in [-0.4, -0.2) is 4.26 Å². The van der Waals surface area contributed by atoms with Gasteiger partial charge in [0.2, 0.25) is 0 Å². The summed E-state index contributed by atoms with van der Waals surface area (Å²) in [5, 5.41) is 0. The molecule has 1 heteroatoms. The van der Waals surface area contributed by atoms with E-state index < -0.39 is 21.0 Å². The van der Waals surface area contributed by atoms with Gasteiger partial charge in [0.1, 0.15) is 0 Å². The molecule has 0 saturated carbocycles. The summed E-state index contributed by atoms with van der Waals surface area (Å²) in [5.41, 5.74) is 5.93. The normalized spacial score (nSPS) is 15.4. The minimum atomic E-state index is -2.06. The molecule has 0 aromatic heterocycles. The Morgan fingerprint density at radius 2 is 1.55 bits per heavy atom. The molecule has 0 amide bonds. The maximum Gasteiger partial charge on any atom is -1.00 e. The monoisotopic (exact) mass is 426 g/mol. The molecule has 0 N–H and O–H groups in total. The number of rotatable bonds is 2. The van der Waals surface area contributed by atoms with E-state index in [4.69, 9.17) is 4.26 Å². The Morgan fingerprint density at radius 1 is 0.950 bits per heavy atom. The van der Waals surface area contributed by atoms with Crippen molar-refractivity contribution < 1.29 is 23.8 Å². The molecule has 0 aliphatic heterocycles. The van der Waals surface area contributed by atoms with Gasteiger partial charge >= 0.3 is 128 Å². The van der Waals surface area contributed by atoms with Crippen molar-refractivity contribution in [2.24, 2.45) is 0 Å². The predicted molar refractivity (Wildman–Crippen MR) is 84.9 cm³/mol. The average molecular weight is 425 g/mol.